The lowest BCUT2D eigenvalue weighted by Crippen LogP contribution is -2.46. The van der Waals surface area contributed by atoms with E-state index >= 15 is 0 Å². The number of aromatic nitrogens is 4. The molecular weight excluding hydrogens is 390 g/mol. The Hall–Kier alpha value is -3.38. The first-order valence-electron chi connectivity index (χ1n) is 9.48. The molecule has 0 bridgehead atoms. The zero-order valence-electron chi connectivity index (χ0n) is 16.3. The largest absolute Gasteiger partial charge is 0.388 e. The van der Waals surface area contributed by atoms with Crippen LogP contribution in [0.3, 0.4) is 0 Å². The van der Waals surface area contributed by atoms with Crippen LogP contribution in [0.1, 0.15) is 30.5 Å². The van der Waals surface area contributed by atoms with Gasteiger partial charge in [-0.15, -0.1) is 0 Å². The molecule has 0 saturated heterocycles. The van der Waals surface area contributed by atoms with E-state index < -0.39 is 12.0 Å². The summed E-state index contributed by atoms with van der Waals surface area (Å²) < 4.78 is 27.4. The molecule has 9 heteroatoms. The molecule has 0 unspecified atom stereocenters. The lowest BCUT2D eigenvalue weighted by atomic mass is 9.71. The number of hydrogen-bond acceptors (Lipinski definition) is 6. The van der Waals surface area contributed by atoms with Gasteiger partial charge >= 0.3 is 0 Å². The normalized spacial score (nSPS) is 20.6. The van der Waals surface area contributed by atoms with Crippen molar-refractivity contribution in [3.63, 3.8) is 0 Å². The van der Waals surface area contributed by atoms with Gasteiger partial charge in [0, 0.05) is 23.6 Å². The van der Waals surface area contributed by atoms with Crippen LogP contribution in [0.25, 0.3) is 11.1 Å². The number of hydrogen-bond donors (Lipinski definition) is 2. The van der Waals surface area contributed by atoms with Gasteiger partial charge in [0.25, 0.3) is 6.43 Å². The van der Waals surface area contributed by atoms with E-state index in [0.29, 0.717) is 25.1 Å². The molecule has 1 aliphatic carbocycles. The number of halogens is 2. The smallest absolute Gasteiger partial charge is 0.280 e. The van der Waals surface area contributed by atoms with Crippen molar-refractivity contribution in [1.82, 2.24) is 19.7 Å². The van der Waals surface area contributed by atoms with Gasteiger partial charge in [-0.3, -0.25) is 4.68 Å². The summed E-state index contributed by atoms with van der Waals surface area (Å²) in [6, 6.07) is 9.05. The van der Waals surface area contributed by atoms with Crippen molar-refractivity contribution < 1.29 is 13.9 Å². The summed E-state index contributed by atoms with van der Waals surface area (Å²) in [6.45, 7) is 2.25. The third-order valence-corrected chi connectivity index (χ3v) is 5.09. The second-order valence-corrected chi connectivity index (χ2v) is 7.70. The molecule has 2 heterocycles. The van der Waals surface area contributed by atoms with Crippen LogP contribution >= 0.6 is 0 Å². The number of nitrogens with one attached hydrogen (secondary N) is 1. The Morgan fingerprint density at radius 1 is 1.33 bits per heavy atom. The Bertz CT molecular complexity index is 1100. The molecule has 2 aromatic heterocycles. The zero-order chi connectivity index (χ0) is 21.3. The van der Waals surface area contributed by atoms with Gasteiger partial charge < -0.3 is 10.4 Å². The maximum Gasteiger partial charge on any atom is 0.280 e. The molecule has 1 aromatic carbocycles. The van der Waals surface area contributed by atoms with Crippen molar-refractivity contribution in [2.75, 3.05) is 5.32 Å². The van der Waals surface area contributed by atoms with Crippen LogP contribution in [0.2, 0.25) is 0 Å². The molecule has 7 nitrogen and oxygen atoms in total. The quantitative estimate of drug-likeness (QED) is 0.637. The molecule has 0 atom stereocenters. The summed E-state index contributed by atoms with van der Waals surface area (Å²) in [6.07, 6.45) is 3.07. The molecule has 0 spiro atoms. The van der Waals surface area contributed by atoms with Gasteiger partial charge in [0.1, 0.15) is 5.69 Å². The van der Waals surface area contributed by atoms with Crippen LogP contribution in [-0.2, 0) is 6.54 Å². The molecule has 4 rings (SSSR count). The zero-order valence-corrected chi connectivity index (χ0v) is 16.3. The second kappa shape index (κ2) is 7.80. The van der Waals surface area contributed by atoms with Crippen molar-refractivity contribution in [3.05, 3.63) is 54.1 Å². The highest BCUT2D eigenvalue weighted by molar-refractivity contribution is 5.70. The lowest BCUT2D eigenvalue weighted by molar-refractivity contribution is -0.0718. The molecule has 3 aromatic rings. The van der Waals surface area contributed by atoms with E-state index in [2.05, 4.69) is 26.5 Å². The summed E-state index contributed by atoms with van der Waals surface area (Å²) in [7, 11) is 0. The maximum atomic E-state index is 12.9. The van der Waals surface area contributed by atoms with Crippen LogP contribution in [0.15, 0.2) is 42.9 Å². The van der Waals surface area contributed by atoms with Crippen molar-refractivity contribution in [1.29, 1.82) is 5.26 Å². The van der Waals surface area contributed by atoms with E-state index in [0.717, 1.165) is 16.7 Å². The first-order valence-corrected chi connectivity index (χ1v) is 9.48. The van der Waals surface area contributed by atoms with Crippen LogP contribution in [0.4, 0.5) is 20.4 Å². The number of benzene rings is 1. The Balaban J connectivity index is 1.52. The van der Waals surface area contributed by atoms with Gasteiger partial charge in [0.2, 0.25) is 5.95 Å². The predicted octanol–water partition coefficient (Wildman–Crippen LogP) is 3.99. The number of anilines is 2. The predicted molar refractivity (Wildman–Crippen MR) is 106 cm³/mol. The number of nitriles is 1. The third-order valence-electron chi connectivity index (χ3n) is 5.09. The van der Waals surface area contributed by atoms with Crippen molar-refractivity contribution >= 4 is 11.6 Å². The van der Waals surface area contributed by atoms with Crippen molar-refractivity contribution in [2.24, 2.45) is 5.92 Å². The van der Waals surface area contributed by atoms with E-state index in [1.54, 1.807) is 10.9 Å². The van der Waals surface area contributed by atoms with E-state index in [1.165, 1.54) is 12.3 Å². The monoisotopic (exact) mass is 410 g/mol. The van der Waals surface area contributed by atoms with Crippen LogP contribution in [0.5, 0.6) is 0 Å². The summed E-state index contributed by atoms with van der Waals surface area (Å²) in [5.74, 6) is 0.000489. The van der Waals surface area contributed by atoms with E-state index in [-0.39, 0.29) is 17.6 Å². The fraction of sp³-hybridized carbons (Fsp3) is 0.333. The molecule has 2 N–H and O–H groups in total. The summed E-state index contributed by atoms with van der Waals surface area (Å²) in [5, 5.41) is 26.7. The summed E-state index contributed by atoms with van der Waals surface area (Å²) in [5.41, 5.74) is 2.12. The Labute approximate surface area is 172 Å². The van der Waals surface area contributed by atoms with Gasteiger partial charge in [-0.05, 0) is 49.1 Å². The SMILES string of the molecule is Cc1cc(Nc2nccc(C(F)F)n2)cc(-c2cnn(C[C@]3(O)C[C@H](C#N)C3)c2)c1. The van der Waals surface area contributed by atoms with Gasteiger partial charge in [-0.2, -0.15) is 10.4 Å². The van der Waals surface area contributed by atoms with E-state index in [1.807, 2.05) is 31.3 Å². The van der Waals surface area contributed by atoms with Gasteiger partial charge in [-0.25, -0.2) is 18.7 Å². The maximum absolute atomic E-state index is 12.9. The summed E-state index contributed by atoms with van der Waals surface area (Å²) in [4.78, 5) is 7.83. The Morgan fingerprint density at radius 2 is 2.13 bits per heavy atom. The summed E-state index contributed by atoms with van der Waals surface area (Å²) >= 11 is 0. The number of aliphatic hydroxyl groups is 1. The minimum atomic E-state index is -2.67. The first kappa shape index (κ1) is 19.9. The molecule has 0 radical (unpaired) electrons. The fourth-order valence-electron chi connectivity index (χ4n) is 3.68. The third kappa shape index (κ3) is 4.28. The van der Waals surface area contributed by atoms with Gasteiger partial charge in [0.05, 0.1) is 30.3 Å². The molecule has 30 heavy (non-hydrogen) atoms. The first-order chi connectivity index (χ1) is 14.3. The van der Waals surface area contributed by atoms with E-state index in [9.17, 15) is 13.9 Å². The van der Waals surface area contributed by atoms with Crippen molar-refractivity contribution in [3.8, 4) is 17.2 Å². The lowest BCUT2D eigenvalue weighted by Gasteiger charge is -2.40. The van der Waals surface area contributed by atoms with Crippen molar-refractivity contribution in [2.45, 2.75) is 38.3 Å². The standard InChI is InChI=1S/C21H20F2N6O/c1-13-4-15(6-17(5-13)27-20-25-3-2-18(28-20)19(22)23)16-10-26-29(11-16)12-21(30)7-14(8-21)9-24/h2-6,10-11,14,19,30H,7-8,12H2,1H3,(H,25,27,28)/t14-,21-. The van der Waals surface area contributed by atoms with Crippen LogP contribution < -0.4 is 5.32 Å². The van der Waals surface area contributed by atoms with Gasteiger partial charge in [0.15, 0.2) is 0 Å². The number of rotatable bonds is 6. The molecule has 1 aliphatic rings. The number of alkyl halides is 2. The molecule has 1 fully saturated rings. The van der Waals surface area contributed by atoms with E-state index in [4.69, 9.17) is 5.26 Å². The van der Waals surface area contributed by atoms with Crippen LogP contribution in [-0.4, -0.2) is 30.5 Å². The molecule has 0 aliphatic heterocycles. The topological polar surface area (TPSA) is 99.7 Å². The fourth-order valence-corrected chi connectivity index (χ4v) is 3.68. The average Bonchev–Trinajstić information content (AvgIpc) is 3.14. The minimum Gasteiger partial charge on any atom is -0.388 e. The molecule has 1 saturated carbocycles. The van der Waals surface area contributed by atoms with Gasteiger partial charge in [-0.1, -0.05) is 6.07 Å². The highest BCUT2D eigenvalue weighted by Crippen LogP contribution is 2.38. The number of nitrogens with zero attached hydrogens (tertiary/aromatic N) is 5. The molecule has 154 valence electrons. The molecular formula is C21H20F2N6O. The highest BCUT2D eigenvalue weighted by Gasteiger charge is 2.43. The number of aryl methyl sites for hydroxylation is 1. The Kier molecular flexibility index (Phi) is 5.18. The molecule has 0 amide bonds. The van der Waals surface area contributed by atoms with Crippen LogP contribution in [0, 0.1) is 24.2 Å². The second-order valence-electron chi connectivity index (χ2n) is 7.70. The highest BCUT2D eigenvalue weighted by atomic mass is 19.3. The average molecular weight is 410 g/mol. The minimum absolute atomic E-state index is 0.0961. The Morgan fingerprint density at radius 3 is 2.87 bits per heavy atom.